The number of benzene rings is 1. The largest absolute Gasteiger partial charge is 0.418 e. The Morgan fingerprint density at radius 1 is 1.18 bits per heavy atom. The third-order valence-corrected chi connectivity index (χ3v) is 8.59. The maximum absolute atomic E-state index is 14.3. The van der Waals surface area contributed by atoms with E-state index in [2.05, 4.69) is 10.2 Å². The van der Waals surface area contributed by atoms with Crippen molar-refractivity contribution in [2.24, 2.45) is 7.05 Å². The van der Waals surface area contributed by atoms with Gasteiger partial charge in [-0.3, -0.25) is 13.9 Å². The number of halogens is 4. The smallest absolute Gasteiger partial charge is 0.381 e. The average Bonchev–Trinajstić information content (AvgIpc) is 3.61. The highest BCUT2D eigenvalue weighted by molar-refractivity contribution is 5.58. The molecule has 2 aliphatic rings. The summed E-state index contributed by atoms with van der Waals surface area (Å²) >= 11 is 0. The summed E-state index contributed by atoms with van der Waals surface area (Å²) in [6.45, 7) is 2.34. The summed E-state index contributed by atoms with van der Waals surface area (Å²) in [6.07, 6.45) is 0.280. The molecule has 2 fully saturated rings. The third kappa shape index (κ3) is 4.24. The van der Waals surface area contributed by atoms with Crippen molar-refractivity contribution in [2.75, 3.05) is 20.2 Å². The van der Waals surface area contributed by atoms with Crippen LogP contribution in [0.25, 0.3) is 11.2 Å². The number of aryl methyl sites for hydroxylation is 1. The molecular weight excluding hydrogens is 528 g/mol. The van der Waals surface area contributed by atoms with E-state index in [-0.39, 0.29) is 18.2 Å². The number of methoxy groups -OCH3 is 1. The highest BCUT2D eigenvalue weighted by atomic mass is 19.4. The normalized spacial score (nSPS) is 24.5. The molecular formula is C28H30F4N6O2. The number of imidazole rings is 1. The molecule has 4 aromatic rings. The molecule has 12 heteroatoms. The highest BCUT2D eigenvalue weighted by Gasteiger charge is 2.50. The fraction of sp³-hybridized carbons (Fsp3) is 0.464. The van der Waals surface area contributed by atoms with Gasteiger partial charge in [-0.2, -0.15) is 13.2 Å². The lowest BCUT2D eigenvalue weighted by Gasteiger charge is -2.46. The molecule has 2 atom stereocenters. The van der Waals surface area contributed by atoms with Gasteiger partial charge in [0.15, 0.2) is 0 Å². The van der Waals surface area contributed by atoms with Gasteiger partial charge in [-0.25, -0.2) is 9.18 Å². The fourth-order valence-corrected chi connectivity index (χ4v) is 6.26. The van der Waals surface area contributed by atoms with Crippen LogP contribution in [-0.4, -0.2) is 61.1 Å². The lowest BCUT2D eigenvalue weighted by Crippen LogP contribution is -2.48. The van der Waals surface area contributed by atoms with Crippen molar-refractivity contribution in [3.63, 3.8) is 0 Å². The van der Waals surface area contributed by atoms with E-state index >= 15 is 0 Å². The molecule has 0 amide bonds. The summed E-state index contributed by atoms with van der Waals surface area (Å²) < 4.78 is 66.3. The first-order valence-corrected chi connectivity index (χ1v) is 13.2. The van der Waals surface area contributed by atoms with E-state index in [9.17, 15) is 22.4 Å². The second-order valence-corrected chi connectivity index (χ2v) is 10.9. The maximum Gasteiger partial charge on any atom is 0.418 e. The SMILES string of the molecule is COC1CC(c2cccc(-n3cc4c(C(F)(F)F)cc([C@H](C)N5CC[C@H](F)C5)cn4c3=O)c2)(c2nncn2C)C1. The lowest BCUT2D eigenvalue weighted by molar-refractivity contribution is -0.136. The van der Waals surface area contributed by atoms with E-state index in [4.69, 9.17) is 4.74 Å². The van der Waals surface area contributed by atoms with E-state index in [0.717, 1.165) is 21.9 Å². The number of likely N-dealkylation sites (tertiary alicyclic amines) is 1. The van der Waals surface area contributed by atoms with Gasteiger partial charge in [-0.1, -0.05) is 12.1 Å². The van der Waals surface area contributed by atoms with Gasteiger partial charge in [-0.15, -0.1) is 10.2 Å². The zero-order valence-electron chi connectivity index (χ0n) is 22.4. The molecule has 1 saturated carbocycles. The number of hydrogen-bond donors (Lipinski definition) is 0. The van der Waals surface area contributed by atoms with Gasteiger partial charge in [0.05, 0.1) is 28.3 Å². The van der Waals surface area contributed by atoms with E-state index in [1.807, 2.05) is 23.7 Å². The Kier molecular flexibility index (Phi) is 6.37. The maximum atomic E-state index is 14.3. The zero-order valence-corrected chi connectivity index (χ0v) is 22.4. The number of pyridine rings is 1. The molecule has 1 aromatic carbocycles. The molecule has 1 aliphatic carbocycles. The Morgan fingerprint density at radius 2 is 1.95 bits per heavy atom. The van der Waals surface area contributed by atoms with Gasteiger partial charge in [-0.05, 0) is 55.5 Å². The van der Waals surface area contributed by atoms with Crippen molar-refractivity contribution in [3.05, 3.63) is 82.1 Å². The first-order chi connectivity index (χ1) is 19.0. The molecule has 0 unspecified atom stereocenters. The number of ether oxygens (including phenoxy) is 1. The summed E-state index contributed by atoms with van der Waals surface area (Å²) in [5.41, 5.74) is -0.648. The van der Waals surface area contributed by atoms with Crippen LogP contribution in [-0.2, 0) is 23.4 Å². The number of nitrogens with zero attached hydrogens (tertiary/aromatic N) is 6. The van der Waals surface area contributed by atoms with Crippen molar-refractivity contribution < 1.29 is 22.3 Å². The molecule has 8 nitrogen and oxygen atoms in total. The first-order valence-electron chi connectivity index (χ1n) is 13.2. The molecule has 212 valence electrons. The monoisotopic (exact) mass is 558 g/mol. The predicted octanol–water partition coefficient (Wildman–Crippen LogP) is 4.44. The van der Waals surface area contributed by atoms with E-state index in [1.54, 1.807) is 37.4 Å². The van der Waals surface area contributed by atoms with Crippen LogP contribution >= 0.6 is 0 Å². The van der Waals surface area contributed by atoms with Crippen LogP contribution in [0.2, 0.25) is 0 Å². The summed E-state index contributed by atoms with van der Waals surface area (Å²) in [6, 6.07) is 7.83. The van der Waals surface area contributed by atoms with Crippen molar-refractivity contribution in [1.82, 2.24) is 28.6 Å². The summed E-state index contributed by atoms with van der Waals surface area (Å²) in [4.78, 5) is 15.4. The minimum absolute atomic E-state index is 0.0261. The highest BCUT2D eigenvalue weighted by Crippen LogP contribution is 2.49. The van der Waals surface area contributed by atoms with Gasteiger partial charge in [0, 0.05) is 45.7 Å². The van der Waals surface area contributed by atoms with E-state index in [1.165, 1.54) is 17.0 Å². The average molecular weight is 559 g/mol. The summed E-state index contributed by atoms with van der Waals surface area (Å²) in [5, 5.41) is 8.38. The summed E-state index contributed by atoms with van der Waals surface area (Å²) in [7, 11) is 3.51. The number of aromatic nitrogens is 5. The van der Waals surface area contributed by atoms with Gasteiger partial charge >= 0.3 is 11.9 Å². The number of alkyl halides is 4. The van der Waals surface area contributed by atoms with Gasteiger partial charge in [0.25, 0.3) is 0 Å². The van der Waals surface area contributed by atoms with Gasteiger partial charge in [0.2, 0.25) is 0 Å². The lowest BCUT2D eigenvalue weighted by atomic mass is 9.62. The minimum atomic E-state index is -4.69. The molecule has 0 bridgehead atoms. The second-order valence-electron chi connectivity index (χ2n) is 10.9. The molecule has 1 saturated heterocycles. The molecule has 0 radical (unpaired) electrons. The van der Waals surface area contributed by atoms with Crippen molar-refractivity contribution >= 4 is 5.52 Å². The minimum Gasteiger partial charge on any atom is -0.381 e. The second kappa shape index (κ2) is 9.55. The first kappa shape index (κ1) is 26.7. The quantitative estimate of drug-likeness (QED) is 0.328. The number of rotatable bonds is 6. The molecule has 40 heavy (non-hydrogen) atoms. The van der Waals surface area contributed by atoms with Gasteiger partial charge in [0.1, 0.15) is 18.3 Å². The summed E-state index contributed by atoms with van der Waals surface area (Å²) in [5.74, 6) is 0.753. The number of hydrogen-bond acceptors (Lipinski definition) is 5. The Morgan fingerprint density at radius 3 is 2.58 bits per heavy atom. The molecule has 1 aliphatic heterocycles. The van der Waals surface area contributed by atoms with Crippen molar-refractivity contribution in [3.8, 4) is 5.69 Å². The molecule has 6 rings (SSSR count). The van der Waals surface area contributed by atoms with Crippen LogP contribution in [0.1, 0.15) is 54.7 Å². The van der Waals surface area contributed by atoms with Gasteiger partial charge < -0.3 is 9.30 Å². The third-order valence-electron chi connectivity index (χ3n) is 8.59. The van der Waals surface area contributed by atoms with Crippen molar-refractivity contribution in [2.45, 2.75) is 56.1 Å². The number of fused-ring (bicyclic) bond motifs is 1. The van der Waals surface area contributed by atoms with E-state index in [0.29, 0.717) is 37.1 Å². The molecule has 3 aromatic heterocycles. The molecule has 0 spiro atoms. The Hall–Kier alpha value is -3.51. The Labute approximate surface area is 227 Å². The van der Waals surface area contributed by atoms with Crippen LogP contribution in [0.5, 0.6) is 0 Å². The standard InChI is InChI=1S/C28H30F4N6O2/c1-17(36-8-7-20(29)14-36)18-9-23(28(30,31)32)24-15-37(26(39)38(24)13-18)21-6-4-5-19(10-21)27(11-22(12-27)40-3)25-34-33-16-35(25)2/h4-6,9-10,13,15-17,20,22H,7-8,11-12,14H2,1-3H3/t17-,20-,22?,27?/m0/s1. The molecule has 0 N–H and O–H groups in total. The fourth-order valence-electron chi connectivity index (χ4n) is 6.26. The van der Waals surface area contributed by atoms with Crippen molar-refractivity contribution in [1.29, 1.82) is 0 Å². The van der Waals surface area contributed by atoms with Crippen LogP contribution in [0, 0.1) is 0 Å². The van der Waals surface area contributed by atoms with Crippen LogP contribution < -0.4 is 5.69 Å². The van der Waals surface area contributed by atoms with Crippen LogP contribution in [0.4, 0.5) is 17.6 Å². The predicted molar refractivity (Wildman–Crippen MR) is 139 cm³/mol. The Bertz CT molecular complexity index is 1620. The van der Waals surface area contributed by atoms with Crippen LogP contribution in [0.3, 0.4) is 0 Å². The van der Waals surface area contributed by atoms with E-state index < -0.39 is 35.1 Å². The molecule has 4 heterocycles. The van der Waals surface area contributed by atoms with Crippen LogP contribution in [0.15, 0.2) is 53.8 Å². The Balaban J connectivity index is 1.46. The zero-order chi connectivity index (χ0) is 28.4. The topological polar surface area (TPSA) is 69.6 Å².